The molecule has 1 unspecified atom stereocenters. The van der Waals surface area contributed by atoms with E-state index in [0.717, 1.165) is 45.0 Å². The number of nitrogens with two attached hydrogens (primary N) is 1. The third kappa shape index (κ3) is 4.72. The van der Waals surface area contributed by atoms with Gasteiger partial charge < -0.3 is 20.4 Å². The van der Waals surface area contributed by atoms with Crippen molar-refractivity contribution in [2.24, 2.45) is 10.7 Å². The Morgan fingerprint density at radius 1 is 1.17 bits per heavy atom. The second-order valence-corrected chi connectivity index (χ2v) is 6.43. The lowest BCUT2D eigenvalue weighted by Crippen LogP contribution is -2.51. The van der Waals surface area contributed by atoms with E-state index in [2.05, 4.69) is 26.7 Å². The molecule has 2 heterocycles. The summed E-state index contributed by atoms with van der Waals surface area (Å²) >= 11 is 0. The van der Waals surface area contributed by atoms with Crippen LogP contribution in [0.5, 0.6) is 0 Å². The molecular weight excluding hydrogens is 420 g/mol. The minimum Gasteiger partial charge on any atom is -0.370 e. The molecule has 1 atom stereocenters. The molecule has 0 spiro atoms. The highest BCUT2D eigenvalue weighted by molar-refractivity contribution is 14.0. The summed E-state index contributed by atoms with van der Waals surface area (Å²) in [6.07, 6.45) is 2.47. The molecule has 2 aliphatic heterocycles. The summed E-state index contributed by atoms with van der Waals surface area (Å²) in [6.45, 7) is 5.42. The monoisotopic (exact) mass is 447 g/mol. The molecule has 5 nitrogen and oxygen atoms in total. The summed E-state index contributed by atoms with van der Waals surface area (Å²) in [7, 11) is 2.16. The van der Waals surface area contributed by atoms with E-state index in [1.807, 2.05) is 12.1 Å². The first kappa shape index (κ1) is 19.2. The second-order valence-electron chi connectivity index (χ2n) is 6.43. The van der Waals surface area contributed by atoms with Gasteiger partial charge >= 0.3 is 0 Å². The SMILES string of the molecule is CN1CCCC1CN=C(N)N1CCN(c2ccc(F)cc2)CC1.I. The van der Waals surface area contributed by atoms with Gasteiger partial charge in [0.1, 0.15) is 5.82 Å². The van der Waals surface area contributed by atoms with Crippen LogP contribution in [0.15, 0.2) is 29.3 Å². The number of aliphatic imine (C=N–C) groups is 1. The van der Waals surface area contributed by atoms with Crippen LogP contribution in [0, 0.1) is 5.82 Å². The van der Waals surface area contributed by atoms with Gasteiger partial charge in [-0.15, -0.1) is 24.0 Å². The molecule has 24 heavy (non-hydrogen) atoms. The van der Waals surface area contributed by atoms with Crippen molar-refractivity contribution in [2.75, 3.05) is 51.2 Å². The van der Waals surface area contributed by atoms with E-state index in [9.17, 15) is 4.39 Å². The van der Waals surface area contributed by atoms with Gasteiger partial charge in [-0.25, -0.2) is 4.39 Å². The molecule has 0 saturated carbocycles. The van der Waals surface area contributed by atoms with Gasteiger partial charge in [0.05, 0.1) is 6.54 Å². The van der Waals surface area contributed by atoms with E-state index in [1.165, 1.54) is 25.0 Å². The number of rotatable bonds is 3. The third-order valence-corrected chi connectivity index (χ3v) is 4.93. The topological polar surface area (TPSA) is 48.1 Å². The van der Waals surface area contributed by atoms with Crippen molar-refractivity contribution < 1.29 is 4.39 Å². The molecule has 0 amide bonds. The highest BCUT2D eigenvalue weighted by Gasteiger charge is 2.22. The molecule has 1 aromatic rings. The predicted molar refractivity (Wildman–Crippen MR) is 108 cm³/mol. The zero-order valence-corrected chi connectivity index (χ0v) is 16.5. The summed E-state index contributed by atoms with van der Waals surface area (Å²) in [5.41, 5.74) is 7.23. The molecule has 2 N–H and O–H groups in total. The second kappa shape index (κ2) is 8.84. The van der Waals surface area contributed by atoms with E-state index in [-0.39, 0.29) is 29.8 Å². The third-order valence-electron chi connectivity index (χ3n) is 4.93. The summed E-state index contributed by atoms with van der Waals surface area (Å²) in [5.74, 6) is 0.463. The van der Waals surface area contributed by atoms with Crippen molar-refractivity contribution in [1.82, 2.24) is 9.80 Å². The Bertz CT molecular complexity index is 542. The molecule has 2 aliphatic rings. The fourth-order valence-corrected chi connectivity index (χ4v) is 3.35. The molecule has 1 aromatic carbocycles. The van der Waals surface area contributed by atoms with Crippen molar-refractivity contribution in [3.63, 3.8) is 0 Å². The maximum atomic E-state index is 13.0. The predicted octanol–water partition coefficient (Wildman–Crippen LogP) is 1.97. The highest BCUT2D eigenvalue weighted by atomic mass is 127. The lowest BCUT2D eigenvalue weighted by atomic mass is 10.2. The number of likely N-dealkylation sites (tertiary alicyclic amines) is 1. The molecule has 0 radical (unpaired) electrons. The smallest absolute Gasteiger partial charge is 0.191 e. The minimum absolute atomic E-state index is 0. The first-order chi connectivity index (χ1) is 11.1. The van der Waals surface area contributed by atoms with Gasteiger partial charge in [0.25, 0.3) is 0 Å². The molecule has 3 rings (SSSR count). The van der Waals surface area contributed by atoms with E-state index in [4.69, 9.17) is 5.73 Å². The van der Waals surface area contributed by atoms with E-state index < -0.39 is 0 Å². The van der Waals surface area contributed by atoms with Gasteiger partial charge in [0.15, 0.2) is 5.96 Å². The normalized spacial score (nSPS) is 22.6. The largest absolute Gasteiger partial charge is 0.370 e. The molecule has 2 fully saturated rings. The van der Waals surface area contributed by atoms with Gasteiger partial charge in [0.2, 0.25) is 0 Å². The van der Waals surface area contributed by atoms with Gasteiger partial charge in [-0.3, -0.25) is 4.99 Å². The average Bonchev–Trinajstić information content (AvgIpc) is 2.99. The number of piperazine rings is 1. The standard InChI is InChI=1S/C17H26FN5.HI/c1-21-8-2-3-16(21)13-20-17(19)23-11-9-22(10-12-23)15-6-4-14(18)5-7-15;/h4-7,16H,2-3,8-13H2,1H3,(H2,19,20);1H. The summed E-state index contributed by atoms with van der Waals surface area (Å²) in [4.78, 5) is 11.4. The Morgan fingerprint density at radius 2 is 1.83 bits per heavy atom. The number of nitrogens with zero attached hydrogens (tertiary/aromatic N) is 4. The number of hydrogen-bond donors (Lipinski definition) is 1. The molecule has 7 heteroatoms. The van der Waals surface area contributed by atoms with Gasteiger partial charge in [-0.05, 0) is 50.7 Å². The summed E-state index contributed by atoms with van der Waals surface area (Å²) in [5, 5.41) is 0. The van der Waals surface area contributed by atoms with Gasteiger partial charge in [-0.2, -0.15) is 0 Å². The van der Waals surface area contributed by atoms with Crippen LogP contribution >= 0.6 is 24.0 Å². The minimum atomic E-state index is -0.194. The van der Waals surface area contributed by atoms with Crippen LogP contribution in [-0.2, 0) is 0 Å². The molecule has 134 valence electrons. The van der Waals surface area contributed by atoms with Crippen LogP contribution < -0.4 is 10.6 Å². The zero-order chi connectivity index (χ0) is 16.2. The number of benzene rings is 1. The van der Waals surface area contributed by atoms with Crippen molar-refractivity contribution in [3.05, 3.63) is 30.1 Å². The van der Waals surface area contributed by atoms with Crippen LogP contribution in [0.25, 0.3) is 0 Å². The van der Waals surface area contributed by atoms with Crippen LogP contribution in [0.4, 0.5) is 10.1 Å². The van der Waals surface area contributed by atoms with Crippen LogP contribution in [0.1, 0.15) is 12.8 Å². The van der Waals surface area contributed by atoms with E-state index >= 15 is 0 Å². The molecule has 0 bridgehead atoms. The van der Waals surface area contributed by atoms with Crippen molar-refractivity contribution in [3.8, 4) is 0 Å². The molecule has 0 aromatic heterocycles. The number of anilines is 1. The maximum Gasteiger partial charge on any atom is 0.191 e. The average molecular weight is 447 g/mol. The van der Waals surface area contributed by atoms with Gasteiger partial charge in [-0.1, -0.05) is 0 Å². The molecule has 0 aliphatic carbocycles. The quantitative estimate of drug-likeness (QED) is 0.438. The highest BCUT2D eigenvalue weighted by Crippen LogP contribution is 2.17. The van der Waals surface area contributed by atoms with Gasteiger partial charge in [0, 0.05) is 37.9 Å². The van der Waals surface area contributed by atoms with Crippen molar-refractivity contribution in [2.45, 2.75) is 18.9 Å². The summed E-state index contributed by atoms with van der Waals surface area (Å²) < 4.78 is 13.0. The molecular formula is C17H27FIN5. The fraction of sp³-hybridized carbons (Fsp3) is 0.588. The number of hydrogen-bond acceptors (Lipinski definition) is 3. The Kier molecular flexibility index (Phi) is 7.09. The Balaban J connectivity index is 0.00000208. The lowest BCUT2D eigenvalue weighted by molar-refractivity contribution is 0.315. The van der Waals surface area contributed by atoms with Crippen LogP contribution in [-0.4, -0.2) is 68.1 Å². The number of likely N-dealkylation sites (N-methyl/N-ethyl adjacent to an activating group) is 1. The Labute approximate surface area is 160 Å². The zero-order valence-electron chi connectivity index (χ0n) is 14.2. The molecule has 2 saturated heterocycles. The maximum absolute atomic E-state index is 13.0. The van der Waals surface area contributed by atoms with E-state index in [1.54, 1.807) is 0 Å². The Morgan fingerprint density at radius 3 is 2.42 bits per heavy atom. The number of guanidine groups is 1. The fourth-order valence-electron chi connectivity index (χ4n) is 3.35. The van der Waals surface area contributed by atoms with Crippen molar-refractivity contribution >= 4 is 35.6 Å². The number of halogens is 2. The summed E-state index contributed by atoms with van der Waals surface area (Å²) in [6, 6.07) is 7.22. The van der Waals surface area contributed by atoms with E-state index in [0.29, 0.717) is 12.0 Å². The first-order valence-electron chi connectivity index (χ1n) is 8.39. The Hall–Kier alpha value is -1.09. The van der Waals surface area contributed by atoms with Crippen molar-refractivity contribution in [1.29, 1.82) is 0 Å². The van der Waals surface area contributed by atoms with Crippen LogP contribution in [0.2, 0.25) is 0 Å². The lowest BCUT2D eigenvalue weighted by Gasteiger charge is -2.36. The van der Waals surface area contributed by atoms with Crippen LogP contribution in [0.3, 0.4) is 0 Å². The first-order valence-corrected chi connectivity index (χ1v) is 8.39.